The smallest absolute Gasteiger partial charge is 0.261 e. The molecule has 0 saturated heterocycles. The maximum Gasteiger partial charge on any atom is 0.261 e. The van der Waals surface area contributed by atoms with Crippen molar-refractivity contribution in [1.82, 2.24) is 10.2 Å². The summed E-state index contributed by atoms with van der Waals surface area (Å²) in [5.74, 6) is 0.973. The van der Waals surface area contributed by atoms with Gasteiger partial charge in [0, 0.05) is 25.2 Å². The molecule has 3 aromatic carbocycles. The third kappa shape index (κ3) is 6.33. The van der Waals surface area contributed by atoms with Crippen LogP contribution in [0.1, 0.15) is 61.9 Å². The average molecular weight is 489 g/mol. The number of nitrogens with one attached hydrogen (secondary N) is 1. The Labute approximate surface area is 214 Å². The molecule has 2 unspecified atom stereocenters. The first-order chi connectivity index (χ1) is 17.5. The SMILES string of the molecule is CCC(Oc1ccc2c(c1)C(c1ccccc1)N(Cc1ccccc1F)CC2)C(=O)NCCC(C)C. The van der Waals surface area contributed by atoms with Crippen molar-refractivity contribution in [2.75, 3.05) is 13.1 Å². The molecule has 1 aliphatic rings. The van der Waals surface area contributed by atoms with Crippen molar-refractivity contribution in [2.45, 2.75) is 58.7 Å². The Hall–Kier alpha value is -3.18. The normalized spacial score (nSPS) is 16.4. The predicted molar refractivity (Wildman–Crippen MR) is 142 cm³/mol. The second kappa shape index (κ2) is 12.2. The maximum absolute atomic E-state index is 14.5. The van der Waals surface area contributed by atoms with Crippen LogP contribution in [-0.2, 0) is 17.8 Å². The lowest BCUT2D eigenvalue weighted by Crippen LogP contribution is -2.39. The van der Waals surface area contributed by atoms with Crippen LogP contribution in [0, 0.1) is 11.7 Å². The van der Waals surface area contributed by atoms with E-state index in [9.17, 15) is 9.18 Å². The minimum absolute atomic E-state index is 0.0296. The highest BCUT2D eigenvalue weighted by Crippen LogP contribution is 2.38. The Morgan fingerprint density at radius 2 is 1.83 bits per heavy atom. The van der Waals surface area contributed by atoms with Gasteiger partial charge in [0.2, 0.25) is 0 Å². The molecule has 1 aliphatic heterocycles. The third-order valence-corrected chi connectivity index (χ3v) is 6.85. The van der Waals surface area contributed by atoms with Crippen molar-refractivity contribution in [3.8, 4) is 5.75 Å². The van der Waals surface area contributed by atoms with Crippen LogP contribution in [0.3, 0.4) is 0 Å². The van der Waals surface area contributed by atoms with Gasteiger partial charge in [-0.05, 0) is 60.1 Å². The number of carbonyl (C=O) groups excluding carboxylic acids is 1. The van der Waals surface area contributed by atoms with Crippen molar-refractivity contribution in [3.05, 3.63) is 101 Å². The number of amides is 1. The van der Waals surface area contributed by atoms with Crippen molar-refractivity contribution < 1.29 is 13.9 Å². The van der Waals surface area contributed by atoms with Gasteiger partial charge in [0.1, 0.15) is 11.6 Å². The molecule has 1 amide bonds. The van der Waals surface area contributed by atoms with Gasteiger partial charge in [-0.25, -0.2) is 4.39 Å². The average Bonchev–Trinajstić information content (AvgIpc) is 2.88. The van der Waals surface area contributed by atoms with Gasteiger partial charge in [0.15, 0.2) is 6.10 Å². The standard InChI is InChI=1S/C31H37FN2O2/c1-4-29(31(35)33-18-16-22(2)3)36-26-15-14-23-17-19-34(21-25-12-8-9-13-28(25)32)30(27(23)20-26)24-10-6-5-7-11-24/h5-15,20,22,29-30H,4,16-19,21H2,1-3H3,(H,33,35). The highest BCUT2D eigenvalue weighted by Gasteiger charge is 2.30. The molecule has 0 fully saturated rings. The van der Waals surface area contributed by atoms with Crippen LogP contribution in [-0.4, -0.2) is 30.0 Å². The van der Waals surface area contributed by atoms with E-state index in [2.05, 4.69) is 48.3 Å². The number of nitrogens with zero attached hydrogens (tertiary/aromatic N) is 1. The van der Waals surface area contributed by atoms with Crippen molar-refractivity contribution >= 4 is 5.91 Å². The van der Waals surface area contributed by atoms with E-state index in [1.807, 2.05) is 43.3 Å². The second-order valence-electron chi connectivity index (χ2n) is 9.97. The quantitative estimate of drug-likeness (QED) is 0.364. The molecule has 190 valence electrons. The molecular weight excluding hydrogens is 451 g/mol. The Morgan fingerprint density at radius 1 is 1.08 bits per heavy atom. The summed E-state index contributed by atoms with van der Waals surface area (Å²) in [7, 11) is 0. The fourth-order valence-electron chi connectivity index (χ4n) is 4.84. The first kappa shape index (κ1) is 25.9. The summed E-state index contributed by atoms with van der Waals surface area (Å²) < 4.78 is 20.8. The van der Waals surface area contributed by atoms with Gasteiger partial charge in [-0.1, -0.05) is 75.4 Å². The molecule has 0 saturated carbocycles. The zero-order chi connectivity index (χ0) is 25.5. The summed E-state index contributed by atoms with van der Waals surface area (Å²) in [5, 5.41) is 3.01. The predicted octanol–water partition coefficient (Wildman–Crippen LogP) is 6.29. The largest absolute Gasteiger partial charge is 0.481 e. The zero-order valence-electron chi connectivity index (χ0n) is 21.5. The van der Waals surface area contributed by atoms with Crippen LogP contribution in [0.4, 0.5) is 4.39 Å². The van der Waals surface area contributed by atoms with Gasteiger partial charge in [0.05, 0.1) is 6.04 Å². The fraction of sp³-hybridized carbons (Fsp3) is 0.387. The monoisotopic (exact) mass is 488 g/mol. The van der Waals surface area contributed by atoms with E-state index in [1.165, 1.54) is 11.6 Å². The van der Waals surface area contributed by atoms with Gasteiger partial charge in [-0.2, -0.15) is 0 Å². The first-order valence-electron chi connectivity index (χ1n) is 13.1. The number of ether oxygens (including phenoxy) is 1. The van der Waals surface area contributed by atoms with E-state index in [4.69, 9.17) is 4.74 Å². The van der Waals surface area contributed by atoms with E-state index < -0.39 is 6.10 Å². The summed E-state index contributed by atoms with van der Waals surface area (Å²) in [6.45, 7) is 8.26. The van der Waals surface area contributed by atoms with E-state index in [0.29, 0.717) is 36.7 Å². The molecule has 4 rings (SSSR count). The first-order valence-corrected chi connectivity index (χ1v) is 13.1. The summed E-state index contributed by atoms with van der Waals surface area (Å²) in [6, 6.07) is 23.5. The summed E-state index contributed by atoms with van der Waals surface area (Å²) in [6.07, 6.45) is 1.87. The number of halogens is 1. The Balaban J connectivity index is 1.60. The van der Waals surface area contributed by atoms with Crippen LogP contribution in [0.2, 0.25) is 0 Å². The van der Waals surface area contributed by atoms with Crippen LogP contribution in [0.25, 0.3) is 0 Å². The number of fused-ring (bicyclic) bond motifs is 1. The Kier molecular flexibility index (Phi) is 8.76. The van der Waals surface area contributed by atoms with E-state index in [1.54, 1.807) is 6.07 Å². The number of hydrogen-bond acceptors (Lipinski definition) is 3. The molecule has 1 heterocycles. The van der Waals surface area contributed by atoms with Gasteiger partial charge >= 0.3 is 0 Å². The van der Waals surface area contributed by atoms with E-state index >= 15 is 0 Å². The Morgan fingerprint density at radius 3 is 2.56 bits per heavy atom. The lowest BCUT2D eigenvalue weighted by Gasteiger charge is -2.38. The van der Waals surface area contributed by atoms with Crippen molar-refractivity contribution in [2.24, 2.45) is 5.92 Å². The lowest BCUT2D eigenvalue weighted by atomic mass is 9.87. The minimum atomic E-state index is -0.538. The molecule has 0 aliphatic carbocycles. The molecule has 2 atom stereocenters. The molecule has 0 radical (unpaired) electrons. The van der Waals surface area contributed by atoms with Gasteiger partial charge in [-0.3, -0.25) is 9.69 Å². The van der Waals surface area contributed by atoms with Crippen LogP contribution in [0.15, 0.2) is 72.8 Å². The fourth-order valence-corrected chi connectivity index (χ4v) is 4.84. The molecule has 4 nitrogen and oxygen atoms in total. The number of benzene rings is 3. The second-order valence-corrected chi connectivity index (χ2v) is 9.97. The van der Waals surface area contributed by atoms with Gasteiger partial charge in [0.25, 0.3) is 5.91 Å². The topological polar surface area (TPSA) is 41.6 Å². The van der Waals surface area contributed by atoms with Crippen LogP contribution < -0.4 is 10.1 Å². The number of hydrogen-bond donors (Lipinski definition) is 1. The van der Waals surface area contributed by atoms with Crippen LogP contribution >= 0.6 is 0 Å². The van der Waals surface area contributed by atoms with Gasteiger partial charge < -0.3 is 10.1 Å². The summed E-state index contributed by atoms with van der Waals surface area (Å²) >= 11 is 0. The minimum Gasteiger partial charge on any atom is -0.481 e. The molecule has 5 heteroatoms. The molecule has 36 heavy (non-hydrogen) atoms. The van der Waals surface area contributed by atoms with E-state index in [-0.39, 0.29) is 17.8 Å². The van der Waals surface area contributed by atoms with Crippen molar-refractivity contribution in [1.29, 1.82) is 0 Å². The van der Waals surface area contributed by atoms with Crippen molar-refractivity contribution in [3.63, 3.8) is 0 Å². The molecule has 1 N–H and O–H groups in total. The third-order valence-electron chi connectivity index (χ3n) is 6.85. The summed E-state index contributed by atoms with van der Waals surface area (Å²) in [5.41, 5.74) is 4.26. The van der Waals surface area contributed by atoms with Gasteiger partial charge in [-0.15, -0.1) is 0 Å². The zero-order valence-corrected chi connectivity index (χ0v) is 21.5. The number of carbonyl (C=O) groups is 1. The highest BCUT2D eigenvalue weighted by atomic mass is 19.1. The Bertz CT molecular complexity index is 1150. The molecule has 3 aromatic rings. The molecule has 0 bridgehead atoms. The maximum atomic E-state index is 14.5. The van der Waals surface area contributed by atoms with E-state index in [0.717, 1.165) is 30.5 Å². The lowest BCUT2D eigenvalue weighted by molar-refractivity contribution is -0.128. The van der Waals surface area contributed by atoms with Crippen LogP contribution in [0.5, 0.6) is 5.75 Å². The molecular formula is C31H37FN2O2. The highest BCUT2D eigenvalue weighted by molar-refractivity contribution is 5.81. The molecule has 0 aromatic heterocycles. The number of rotatable bonds is 10. The molecule has 0 spiro atoms. The summed E-state index contributed by atoms with van der Waals surface area (Å²) in [4.78, 5) is 15.1.